The van der Waals surface area contributed by atoms with Gasteiger partial charge in [-0.15, -0.1) is 0 Å². The molecule has 126 valence electrons. The smallest absolute Gasteiger partial charge is 0.299 e. The van der Waals surface area contributed by atoms with E-state index in [0.29, 0.717) is 5.75 Å². The van der Waals surface area contributed by atoms with Crippen molar-refractivity contribution in [3.63, 3.8) is 0 Å². The van der Waals surface area contributed by atoms with Crippen molar-refractivity contribution in [2.75, 3.05) is 6.61 Å². The van der Waals surface area contributed by atoms with Gasteiger partial charge < -0.3 is 9.47 Å². The number of nitrogens with two attached hydrogens (primary N) is 2. The normalized spacial score (nSPS) is 10.6. The minimum Gasteiger partial charge on any atom is -0.488 e. The number of ether oxygens (including phenoxy) is 2. The van der Waals surface area contributed by atoms with Gasteiger partial charge >= 0.3 is 0 Å². The molecule has 2 aromatic rings. The third-order valence-electron chi connectivity index (χ3n) is 3.22. The molecule has 0 aromatic heterocycles. The predicted molar refractivity (Wildman–Crippen MR) is 86.4 cm³/mol. The molecule has 0 aliphatic carbocycles. The number of para-hydroxylation sites is 2. The largest absolute Gasteiger partial charge is 0.488 e. The zero-order chi connectivity index (χ0) is 17.4. The third-order valence-corrected chi connectivity index (χ3v) is 3.22. The number of hydrogen-bond acceptors (Lipinski definition) is 6. The first-order valence-corrected chi connectivity index (χ1v) is 7.06. The second-order valence-corrected chi connectivity index (χ2v) is 4.79. The second-order valence-electron chi connectivity index (χ2n) is 4.79. The maximum Gasteiger partial charge on any atom is 0.299 e. The first kappa shape index (κ1) is 17.3. The fourth-order valence-electron chi connectivity index (χ4n) is 1.98. The molecule has 6 N–H and O–H groups in total. The molecule has 2 aromatic carbocycles. The first-order valence-electron chi connectivity index (χ1n) is 7.06. The van der Waals surface area contributed by atoms with Gasteiger partial charge in [0.05, 0.1) is 0 Å². The van der Waals surface area contributed by atoms with Gasteiger partial charge in [-0.05, 0) is 24.3 Å². The summed E-state index contributed by atoms with van der Waals surface area (Å²) in [5, 5.41) is 0. The molecule has 0 atom stereocenters. The molecule has 0 aliphatic rings. The van der Waals surface area contributed by atoms with Crippen LogP contribution in [0.3, 0.4) is 0 Å². The van der Waals surface area contributed by atoms with Crippen LogP contribution >= 0.6 is 0 Å². The molecule has 0 aliphatic heterocycles. The molecule has 0 spiro atoms. The second kappa shape index (κ2) is 7.95. The summed E-state index contributed by atoms with van der Waals surface area (Å²) in [6.07, 6.45) is 0. The molecular weight excluding hydrogens is 312 g/mol. The van der Waals surface area contributed by atoms with Gasteiger partial charge in [0.25, 0.3) is 17.4 Å². The minimum atomic E-state index is -2.10. The lowest BCUT2D eigenvalue weighted by Gasteiger charge is -2.30. The zero-order valence-electron chi connectivity index (χ0n) is 12.8. The van der Waals surface area contributed by atoms with E-state index in [1.165, 1.54) is 0 Å². The molecule has 24 heavy (non-hydrogen) atoms. The lowest BCUT2D eigenvalue weighted by molar-refractivity contribution is -0.153. The number of carbonyl (C=O) groups excluding carboxylic acids is 2. The molecule has 0 heterocycles. The Balaban J connectivity index is 2.33. The topological polar surface area (TPSA) is 129 Å². The van der Waals surface area contributed by atoms with Crippen LogP contribution in [0.2, 0.25) is 0 Å². The van der Waals surface area contributed by atoms with Crippen LogP contribution in [0.5, 0.6) is 11.5 Å². The summed E-state index contributed by atoms with van der Waals surface area (Å²) < 4.78 is 11.2. The molecule has 0 saturated heterocycles. The quantitative estimate of drug-likeness (QED) is 0.242. The number of hydrazine groups is 2. The molecular formula is C16H18N4O4. The van der Waals surface area contributed by atoms with Gasteiger partial charge in [-0.3, -0.25) is 20.4 Å². The molecule has 0 fully saturated rings. The highest BCUT2D eigenvalue weighted by atomic mass is 16.6. The minimum absolute atomic E-state index is 0.279. The summed E-state index contributed by atoms with van der Waals surface area (Å²) in [4.78, 5) is 24.6. The van der Waals surface area contributed by atoms with Gasteiger partial charge in [0, 0.05) is 0 Å². The van der Waals surface area contributed by atoms with E-state index in [2.05, 4.69) is 0 Å². The maximum atomic E-state index is 12.3. The van der Waals surface area contributed by atoms with Crippen LogP contribution in [0.15, 0.2) is 60.7 Å². The summed E-state index contributed by atoms with van der Waals surface area (Å²) in [5.74, 6) is 9.37. The third kappa shape index (κ3) is 3.80. The van der Waals surface area contributed by atoms with Gasteiger partial charge in [-0.25, -0.2) is 11.7 Å². The molecule has 0 bridgehead atoms. The van der Waals surface area contributed by atoms with Crippen molar-refractivity contribution in [2.45, 2.75) is 5.60 Å². The lowest BCUT2D eigenvalue weighted by atomic mass is 10.0. The molecule has 8 nitrogen and oxygen atoms in total. The van der Waals surface area contributed by atoms with E-state index in [1.54, 1.807) is 60.7 Å². The average molecular weight is 330 g/mol. The Bertz CT molecular complexity index is 663. The number of amides is 2. The van der Waals surface area contributed by atoms with Gasteiger partial charge in [0.1, 0.15) is 18.1 Å². The SMILES string of the molecule is NNC(=O)C(COc1ccccc1)(Oc1ccccc1)C(=O)NN. The van der Waals surface area contributed by atoms with Crippen molar-refractivity contribution in [1.82, 2.24) is 10.9 Å². The maximum absolute atomic E-state index is 12.3. The van der Waals surface area contributed by atoms with Crippen LogP contribution in [0.1, 0.15) is 0 Å². The van der Waals surface area contributed by atoms with Crippen molar-refractivity contribution in [3.8, 4) is 11.5 Å². The van der Waals surface area contributed by atoms with Crippen LogP contribution in [-0.2, 0) is 9.59 Å². The van der Waals surface area contributed by atoms with E-state index in [1.807, 2.05) is 10.9 Å². The molecule has 2 amide bonds. The fraction of sp³-hybridized carbons (Fsp3) is 0.125. The van der Waals surface area contributed by atoms with Crippen molar-refractivity contribution in [3.05, 3.63) is 60.7 Å². The molecule has 0 saturated carbocycles. The molecule has 8 heteroatoms. The van der Waals surface area contributed by atoms with Crippen molar-refractivity contribution in [2.24, 2.45) is 11.7 Å². The van der Waals surface area contributed by atoms with Crippen LogP contribution in [0.25, 0.3) is 0 Å². The van der Waals surface area contributed by atoms with Gasteiger partial charge in [0.15, 0.2) is 0 Å². The van der Waals surface area contributed by atoms with Gasteiger partial charge in [-0.2, -0.15) is 0 Å². The van der Waals surface area contributed by atoms with Gasteiger partial charge in [0.2, 0.25) is 0 Å². The van der Waals surface area contributed by atoms with E-state index < -0.39 is 24.0 Å². The number of rotatable bonds is 7. The Kier molecular flexibility index (Phi) is 5.72. The van der Waals surface area contributed by atoms with Crippen molar-refractivity contribution < 1.29 is 19.1 Å². The summed E-state index contributed by atoms with van der Waals surface area (Å²) in [5.41, 5.74) is 1.74. The van der Waals surface area contributed by atoms with Crippen LogP contribution in [0.4, 0.5) is 0 Å². The Morgan fingerprint density at radius 1 is 0.833 bits per heavy atom. The van der Waals surface area contributed by atoms with Crippen LogP contribution < -0.4 is 32.0 Å². The Morgan fingerprint density at radius 2 is 1.29 bits per heavy atom. The highest BCUT2D eigenvalue weighted by molar-refractivity contribution is 6.08. The predicted octanol–water partition coefficient (Wildman–Crippen LogP) is -0.137. The fourth-order valence-corrected chi connectivity index (χ4v) is 1.98. The Labute approximate surface area is 138 Å². The summed E-state index contributed by atoms with van der Waals surface area (Å²) in [6.45, 7) is -0.433. The first-order chi connectivity index (χ1) is 11.6. The van der Waals surface area contributed by atoms with E-state index in [4.69, 9.17) is 21.2 Å². The molecule has 0 unspecified atom stereocenters. The lowest BCUT2D eigenvalue weighted by Crippen LogP contribution is -2.66. The van der Waals surface area contributed by atoms with Gasteiger partial charge in [-0.1, -0.05) is 36.4 Å². The summed E-state index contributed by atoms with van der Waals surface area (Å²) in [6, 6.07) is 17.0. The van der Waals surface area contributed by atoms with Crippen molar-refractivity contribution in [1.29, 1.82) is 0 Å². The number of carbonyl (C=O) groups is 2. The standard InChI is InChI=1S/C16H18N4O4/c17-19-14(21)16(15(22)20-18,24-13-9-5-2-6-10-13)11-23-12-7-3-1-4-8-12/h1-10H,11,17-18H2,(H,19,21)(H,20,22). The zero-order valence-corrected chi connectivity index (χ0v) is 12.8. The Morgan fingerprint density at radius 3 is 1.75 bits per heavy atom. The average Bonchev–Trinajstić information content (AvgIpc) is 2.65. The van der Waals surface area contributed by atoms with E-state index in [-0.39, 0.29) is 5.75 Å². The monoisotopic (exact) mass is 330 g/mol. The highest BCUT2D eigenvalue weighted by Gasteiger charge is 2.50. The Hall–Kier alpha value is -3.10. The number of nitrogens with one attached hydrogen (secondary N) is 2. The summed E-state index contributed by atoms with van der Waals surface area (Å²) in [7, 11) is 0. The molecule has 0 radical (unpaired) electrons. The van der Waals surface area contributed by atoms with E-state index in [9.17, 15) is 9.59 Å². The van der Waals surface area contributed by atoms with Crippen LogP contribution in [-0.4, -0.2) is 24.0 Å². The molecule has 2 rings (SSSR count). The highest BCUT2D eigenvalue weighted by Crippen LogP contribution is 2.21. The summed E-state index contributed by atoms with van der Waals surface area (Å²) >= 11 is 0. The van der Waals surface area contributed by atoms with Crippen molar-refractivity contribution >= 4 is 11.8 Å². The van der Waals surface area contributed by atoms with E-state index >= 15 is 0 Å². The number of benzene rings is 2. The van der Waals surface area contributed by atoms with Crippen LogP contribution in [0, 0.1) is 0 Å². The van der Waals surface area contributed by atoms with E-state index in [0.717, 1.165) is 0 Å². The number of hydrogen-bond donors (Lipinski definition) is 4.